The molecule has 1 unspecified atom stereocenters. The summed E-state index contributed by atoms with van der Waals surface area (Å²) in [6.07, 6.45) is -0.762. The van der Waals surface area contributed by atoms with E-state index in [1.165, 1.54) is 11.8 Å². The highest BCUT2D eigenvalue weighted by Gasteiger charge is 2.11. The Hall–Kier alpha value is -2.63. The van der Waals surface area contributed by atoms with Gasteiger partial charge in [-0.1, -0.05) is 11.8 Å². The molecule has 0 bridgehead atoms. The number of hydrogen-bond donors (Lipinski definition) is 2. The molecule has 0 saturated heterocycles. The van der Waals surface area contributed by atoms with Crippen molar-refractivity contribution >= 4 is 22.8 Å². The van der Waals surface area contributed by atoms with E-state index in [2.05, 4.69) is 9.97 Å². The van der Waals surface area contributed by atoms with Gasteiger partial charge in [0.15, 0.2) is 16.8 Å². The lowest BCUT2D eigenvalue weighted by molar-refractivity contribution is 0.126. The summed E-state index contributed by atoms with van der Waals surface area (Å²) in [5.41, 5.74) is 1.25. The van der Waals surface area contributed by atoms with Crippen LogP contribution in [0.25, 0.3) is 11.0 Å². The van der Waals surface area contributed by atoms with E-state index in [1.54, 1.807) is 24.3 Å². The van der Waals surface area contributed by atoms with Gasteiger partial charge in [-0.05, 0) is 24.3 Å². The van der Waals surface area contributed by atoms with Crippen LogP contribution in [0.15, 0.2) is 41.6 Å². The number of aliphatic hydroxyl groups excluding tert-OH is 1. The molecule has 2 aromatic carbocycles. The molecule has 128 valence electrons. The number of fused-ring (bicyclic) bond motifs is 1. The van der Waals surface area contributed by atoms with E-state index in [-0.39, 0.29) is 6.61 Å². The second kappa shape index (κ2) is 7.51. The molecule has 0 fully saturated rings. The first-order chi connectivity index (χ1) is 12.0. The Morgan fingerprint density at radius 2 is 1.96 bits per heavy atom. The molecule has 3 rings (SSSR count). The minimum atomic E-state index is -0.952. The number of hydrogen-bond acceptors (Lipinski definition) is 5. The Balaban J connectivity index is 1.53. The van der Waals surface area contributed by atoms with Crippen LogP contribution in [0.5, 0.6) is 5.75 Å². The Labute approximate surface area is 146 Å². The average molecular weight is 361 g/mol. The topological polar surface area (TPSA) is 81.9 Å². The van der Waals surface area contributed by atoms with Gasteiger partial charge in [-0.3, -0.25) is 0 Å². The average Bonchev–Trinajstić information content (AvgIpc) is 3.00. The molecule has 0 radical (unpaired) electrons. The van der Waals surface area contributed by atoms with E-state index in [1.807, 2.05) is 6.07 Å². The van der Waals surface area contributed by atoms with Gasteiger partial charge >= 0.3 is 0 Å². The van der Waals surface area contributed by atoms with Crippen molar-refractivity contribution in [2.75, 3.05) is 12.4 Å². The highest BCUT2D eigenvalue weighted by atomic mass is 32.2. The fraction of sp³-hybridized carbons (Fsp3) is 0.176. The molecule has 2 N–H and O–H groups in total. The number of benzene rings is 2. The van der Waals surface area contributed by atoms with Crippen LogP contribution < -0.4 is 4.74 Å². The minimum absolute atomic E-state index is 0.0718. The number of thioether (sulfide) groups is 1. The Bertz CT molecular complexity index is 883. The number of ether oxygens (including phenoxy) is 1. The van der Waals surface area contributed by atoms with Gasteiger partial charge in [0.05, 0.1) is 28.8 Å². The van der Waals surface area contributed by atoms with Crippen molar-refractivity contribution in [2.24, 2.45) is 0 Å². The molecule has 0 amide bonds. The number of aromatic amines is 1. The monoisotopic (exact) mass is 361 g/mol. The van der Waals surface area contributed by atoms with Gasteiger partial charge in [-0.2, -0.15) is 5.26 Å². The maximum Gasteiger partial charge on any atom is 0.166 e. The van der Waals surface area contributed by atoms with Crippen molar-refractivity contribution in [1.29, 1.82) is 5.26 Å². The van der Waals surface area contributed by atoms with Crippen molar-refractivity contribution in [2.45, 2.75) is 11.3 Å². The van der Waals surface area contributed by atoms with Crippen molar-refractivity contribution in [3.63, 3.8) is 0 Å². The predicted octanol–water partition coefficient (Wildman–Crippen LogP) is 3.24. The highest BCUT2D eigenvalue weighted by molar-refractivity contribution is 7.99. The van der Waals surface area contributed by atoms with Crippen LogP contribution >= 0.6 is 11.8 Å². The lowest BCUT2D eigenvalue weighted by Crippen LogP contribution is -2.20. The molecule has 1 atom stereocenters. The summed E-state index contributed by atoms with van der Waals surface area (Å²) in [5.74, 6) is -1.05. The number of imidazole rings is 1. The molecule has 5 nitrogen and oxygen atoms in total. The summed E-state index contributed by atoms with van der Waals surface area (Å²) in [6.45, 7) is 0.0718. The number of nitrogens with one attached hydrogen (secondary N) is 1. The van der Waals surface area contributed by atoms with Gasteiger partial charge in [0, 0.05) is 17.9 Å². The van der Waals surface area contributed by atoms with Crippen molar-refractivity contribution in [3.05, 3.63) is 53.6 Å². The van der Waals surface area contributed by atoms with Gasteiger partial charge in [0.25, 0.3) is 0 Å². The van der Waals surface area contributed by atoms with Gasteiger partial charge in [0.1, 0.15) is 12.4 Å². The third-order valence-corrected chi connectivity index (χ3v) is 4.36. The molecule has 1 heterocycles. The second-order valence-corrected chi connectivity index (χ2v) is 6.25. The van der Waals surface area contributed by atoms with E-state index < -0.39 is 17.7 Å². The first-order valence-corrected chi connectivity index (χ1v) is 8.32. The zero-order valence-electron chi connectivity index (χ0n) is 12.9. The fourth-order valence-electron chi connectivity index (χ4n) is 2.09. The number of aromatic nitrogens is 2. The van der Waals surface area contributed by atoms with Crippen LogP contribution in [-0.4, -0.2) is 33.5 Å². The van der Waals surface area contributed by atoms with E-state index in [9.17, 15) is 13.9 Å². The molecule has 8 heteroatoms. The number of rotatable bonds is 6. The van der Waals surface area contributed by atoms with Gasteiger partial charge < -0.3 is 14.8 Å². The summed E-state index contributed by atoms with van der Waals surface area (Å²) in [5, 5.41) is 19.2. The van der Waals surface area contributed by atoms with E-state index in [0.29, 0.717) is 33.3 Å². The maximum absolute atomic E-state index is 13.2. The molecular formula is C17H13F2N3O2S. The maximum atomic E-state index is 13.2. The van der Waals surface area contributed by atoms with Gasteiger partial charge in [-0.25, -0.2) is 13.8 Å². The number of halogens is 2. The normalized spacial score (nSPS) is 12.1. The zero-order valence-corrected chi connectivity index (χ0v) is 13.7. The fourth-order valence-corrected chi connectivity index (χ4v) is 2.88. The first-order valence-electron chi connectivity index (χ1n) is 7.34. The van der Waals surface area contributed by atoms with Crippen LogP contribution in [0.2, 0.25) is 0 Å². The lowest BCUT2D eigenvalue weighted by atomic mass is 10.2. The SMILES string of the molecule is N#Cc1ccc(OCC(O)CSc2nc3cc(F)c(F)cc3[nH]2)cc1. The van der Waals surface area contributed by atoms with Crippen LogP contribution in [0, 0.1) is 23.0 Å². The van der Waals surface area contributed by atoms with Gasteiger partial charge in [0.2, 0.25) is 0 Å². The van der Waals surface area contributed by atoms with Crippen LogP contribution in [-0.2, 0) is 0 Å². The number of nitrogens with zero attached hydrogens (tertiary/aromatic N) is 2. The third kappa shape index (κ3) is 4.26. The molecule has 1 aromatic heterocycles. The van der Waals surface area contributed by atoms with Crippen LogP contribution in [0.3, 0.4) is 0 Å². The van der Waals surface area contributed by atoms with Crippen molar-refractivity contribution in [1.82, 2.24) is 9.97 Å². The van der Waals surface area contributed by atoms with Crippen LogP contribution in [0.4, 0.5) is 8.78 Å². The standard InChI is InChI=1S/C17H13F2N3O2S/c18-13-5-15-16(6-14(13)19)22-17(21-15)25-9-11(23)8-24-12-3-1-10(7-20)2-4-12/h1-6,11,23H,8-9H2,(H,21,22). The third-order valence-electron chi connectivity index (χ3n) is 3.34. The molecule has 0 aliphatic rings. The molecule has 0 aliphatic carbocycles. The summed E-state index contributed by atoms with van der Waals surface area (Å²) in [4.78, 5) is 7.01. The van der Waals surface area contributed by atoms with Gasteiger partial charge in [-0.15, -0.1) is 0 Å². The molecule has 0 saturated carbocycles. The number of aliphatic hydroxyl groups is 1. The summed E-state index contributed by atoms with van der Waals surface area (Å²) >= 11 is 1.22. The molecular weight excluding hydrogens is 348 g/mol. The lowest BCUT2D eigenvalue weighted by Gasteiger charge is -2.11. The molecule has 3 aromatic rings. The largest absolute Gasteiger partial charge is 0.491 e. The summed E-state index contributed by atoms with van der Waals surface area (Å²) < 4.78 is 31.8. The summed E-state index contributed by atoms with van der Waals surface area (Å²) in [6, 6.07) is 10.6. The minimum Gasteiger partial charge on any atom is -0.491 e. The molecule has 0 spiro atoms. The molecule has 25 heavy (non-hydrogen) atoms. The zero-order chi connectivity index (χ0) is 17.8. The Morgan fingerprint density at radius 1 is 1.24 bits per heavy atom. The summed E-state index contributed by atoms with van der Waals surface area (Å²) in [7, 11) is 0. The van der Waals surface area contributed by atoms with Crippen molar-refractivity contribution in [3.8, 4) is 11.8 Å². The first kappa shape index (κ1) is 17.2. The van der Waals surface area contributed by atoms with E-state index in [0.717, 1.165) is 12.1 Å². The molecule has 0 aliphatic heterocycles. The number of H-pyrrole nitrogens is 1. The Morgan fingerprint density at radius 3 is 2.68 bits per heavy atom. The number of nitriles is 1. The highest BCUT2D eigenvalue weighted by Crippen LogP contribution is 2.22. The van der Waals surface area contributed by atoms with Crippen molar-refractivity contribution < 1.29 is 18.6 Å². The van der Waals surface area contributed by atoms with Crippen LogP contribution in [0.1, 0.15) is 5.56 Å². The quantitative estimate of drug-likeness (QED) is 0.659. The predicted molar refractivity (Wildman–Crippen MR) is 89.4 cm³/mol. The van der Waals surface area contributed by atoms with E-state index in [4.69, 9.17) is 10.00 Å². The Kier molecular flexibility index (Phi) is 5.16. The second-order valence-electron chi connectivity index (χ2n) is 5.24. The van der Waals surface area contributed by atoms with E-state index >= 15 is 0 Å². The smallest absolute Gasteiger partial charge is 0.166 e.